The molecule has 1 heterocycles. The van der Waals surface area contributed by atoms with Crippen LogP contribution in [0.2, 0.25) is 0 Å². The van der Waals surface area contributed by atoms with Crippen LogP contribution in [0.4, 0.5) is 5.13 Å². The minimum absolute atomic E-state index is 0.502. The lowest BCUT2D eigenvalue weighted by atomic mass is 10.2. The molecule has 0 amide bonds. The lowest BCUT2D eigenvalue weighted by Gasteiger charge is -2.19. The zero-order valence-electron chi connectivity index (χ0n) is 11.7. The van der Waals surface area contributed by atoms with Crippen molar-refractivity contribution in [2.45, 2.75) is 53.1 Å². The zero-order valence-corrected chi connectivity index (χ0v) is 12.5. The van der Waals surface area contributed by atoms with Gasteiger partial charge in [0, 0.05) is 24.5 Å². The Bertz CT molecular complexity index is 333. The van der Waals surface area contributed by atoms with Gasteiger partial charge in [-0.05, 0) is 26.8 Å². The highest BCUT2D eigenvalue weighted by Gasteiger charge is 2.14. The van der Waals surface area contributed by atoms with E-state index < -0.39 is 0 Å². The van der Waals surface area contributed by atoms with Gasteiger partial charge in [0.05, 0.1) is 5.69 Å². The second-order valence-electron chi connectivity index (χ2n) is 4.60. The smallest absolute Gasteiger partial charge is 0.185 e. The molecule has 3 nitrogen and oxygen atoms in total. The highest BCUT2D eigenvalue weighted by Crippen LogP contribution is 2.27. The van der Waals surface area contributed by atoms with Crippen molar-refractivity contribution in [1.29, 1.82) is 0 Å². The molecular formula is C13H25N3S. The Hall–Kier alpha value is -0.610. The maximum Gasteiger partial charge on any atom is 0.185 e. The Balaban J connectivity index is 2.86. The Morgan fingerprint density at radius 2 is 2.06 bits per heavy atom. The van der Waals surface area contributed by atoms with Gasteiger partial charge in [-0.25, -0.2) is 4.98 Å². The van der Waals surface area contributed by atoms with Crippen LogP contribution >= 0.6 is 11.3 Å². The van der Waals surface area contributed by atoms with E-state index in [2.05, 4.69) is 45.0 Å². The van der Waals surface area contributed by atoms with Gasteiger partial charge in [-0.2, -0.15) is 0 Å². The van der Waals surface area contributed by atoms with E-state index in [-0.39, 0.29) is 0 Å². The quantitative estimate of drug-likeness (QED) is 0.811. The molecule has 0 saturated heterocycles. The average molecular weight is 255 g/mol. The van der Waals surface area contributed by atoms with Gasteiger partial charge in [-0.1, -0.05) is 20.3 Å². The highest BCUT2D eigenvalue weighted by molar-refractivity contribution is 7.15. The van der Waals surface area contributed by atoms with Crippen LogP contribution < -0.4 is 10.2 Å². The third-order valence-electron chi connectivity index (χ3n) is 2.87. The number of aromatic nitrogens is 1. The van der Waals surface area contributed by atoms with Gasteiger partial charge in [0.25, 0.3) is 0 Å². The van der Waals surface area contributed by atoms with Gasteiger partial charge >= 0.3 is 0 Å². The van der Waals surface area contributed by atoms with Crippen LogP contribution in [0.3, 0.4) is 0 Å². The number of thiazole rings is 1. The third kappa shape index (κ3) is 3.96. The fourth-order valence-electron chi connectivity index (χ4n) is 1.55. The number of hydrogen-bond donors (Lipinski definition) is 1. The normalized spacial score (nSPS) is 11.2. The van der Waals surface area contributed by atoms with Crippen molar-refractivity contribution in [3.05, 3.63) is 10.6 Å². The predicted molar refractivity (Wildman–Crippen MR) is 77.0 cm³/mol. The van der Waals surface area contributed by atoms with Crippen molar-refractivity contribution in [2.75, 3.05) is 18.5 Å². The molecule has 0 aromatic carbocycles. The van der Waals surface area contributed by atoms with Gasteiger partial charge in [-0.15, -0.1) is 11.3 Å². The maximum absolute atomic E-state index is 4.78. The topological polar surface area (TPSA) is 28.2 Å². The van der Waals surface area contributed by atoms with Gasteiger partial charge in [0.15, 0.2) is 5.13 Å². The fraction of sp³-hybridized carbons (Fsp3) is 0.769. The van der Waals surface area contributed by atoms with Crippen LogP contribution in [-0.4, -0.2) is 24.6 Å². The Labute approximate surface area is 109 Å². The van der Waals surface area contributed by atoms with E-state index >= 15 is 0 Å². The molecule has 1 rings (SSSR count). The van der Waals surface area contributed by atoms with Gasteiger partial charge < -0.3 is 10.2 Å². The molecule has 1 aromatic rings. The summed E-state index contributed by atoms with van der Waals surface area (Å²) in [6.45, 7) is 10.7. The summed E-state index contributed by atoms with van der Waals surface area (Å²) in [5.41, 5.74) is 1.28. The minimum Gasteiger partial charge on any atom is -0.349 e. The molecule has 0 fully saturated rings. The van der Waals surface area contributed by atoms with Crippen LogP contribution in [0.1, 0.15) is 44.7 Å². The average Bonchev–Trinajstić information content (AvgIpc) is 2.69. The first kappa shape index (κ1) is 14.5. The lowest BCUT2D eigenvalue weighted by molar-refractivity contribution is 0.721. The van der Waals surface area contributed by atoms with Gasteiger partial charge in [-0.3, -0.25) is 0 Å². The van der Waals surface area contributed by atoms with Crippen LogP contribution in [0.15, 0.2) is 0 Å². The van der Waals surface area contributed by atoms with Gasteiger partial charge in [0.2, 0.25) is 0 Å². The summed E-state index contributed by atoms with van der Waals surface area (Å²) in [6, 6.07) is 0.502. The molecule has 98 valence electrons. The van der Waals surface area contributed by atoms with E-state index in [4.69, 9.17) is 4.98 Å². The number of rotatable bonds is 7. The van der Waals surface area contributed by atoms with E-state index in [1.54, 1.807) is 0 Å². The molecule has 4 heteroatoms. The fourth-order valence-corrected chi connectivity index (χ4v) is 2.72. The van der Waals surface area contributed by atoms with E-state index in [1.165, 1.54) is 10.6 Å². The first-order chi connectivity index (χ1) is 8.10. The molecule has 1 aromatic heterocycles. The molecule has 0 bridgehead atoms. The monoisotopic (exact) mass is 255 g/mol. The molecule has 1 N–H and O–H groups in total. The Morgan fingerprint density at radius 3 is 2.59 bits per heavy atom. The lowest BCUT2D eigenvalue weighted by Crippen LogP contribution is -2.25. The molecule has 0 unspecified atom stereocenters. The summed E-state index contributed by atoms with van der Waals surface area (Å²) in [7, 11) is 2.12. The number of nitrogens with one attached hydrogen (secondary N) is 1. The molecule has 0 aliphatic carbocycles. The molecular weight excluding hydrogens is 230 g/mol. The molecule has 17 heavy (non-hydrogen) atoms. The summed E-state index contributed by atoms with van der Waals surface area (Å²) in [4.78, 5) is 8.43. The standard InChI is InChI=1S/C13H25N3S/c1-6-8-11-12(9-14-7-2)17-13(15-11)16(5)10(3)4/h10,14H,6-9H2,1-5H3. The third-order valence-corrected chi connectivity index (χ3v) is 4.05. The van der Waals surface area contributed by atoms with E-state index in [1.807, 2.05) is 11.3 Å². The highest BCUT2D eigenvalue weighted by atomic mass is 32.1. The number of aryl methyl sites for hydroxylation is 1. The summed E-state index contributed by atoms with van der Waals surface area (Å²) in [5.74, 6) is 0. The summed E-state index contributed by atoms with van der Waals surface area (Å²) < 4.78 is 0. The molecule has 0 saturated carbocycles. The largest absolute Gasteiger partial charge is 0.349 e. The first-order valence-electron chi connectivity index (χ1n) is 6.52. The second kappa shape index (κ2) is 6.97. The molecule has 0 radical (unpaired) electrons. The van der Waals surface area contributed by atoms with Crippen LogP contribution in [-0.2, 0) is 13.0 Å². The molecule has 0 aliphatic heterocycles. The SMILES string of the molecule is CCCc1nc(N(C)C(C)C)sc1CNCC. The van der Waals surface area contributed by atoms with Crippen molar-refractivity contribution in [3.8, 4) is 0 Å². The Morgan fingerprint density at radius 1 is 1.35 bits per heavy atom. The van der Waals surface area contributed by atoms with Crippen molar-refractivity contribution in [1.82, 2.24) is 10.3 Å². The summed E-state index contributed by atoms with van der Waals surface area (Å²) in [5, 5.41) is 4.55. The molecule has 0 spiro atoms. The second-order valence-corrected chi connectivity index (χ2v) is 5.66. The van der Waals surface area contributed by atoms with Gasteiger partial charge in [0.1, 0.15) is 0 Å². The van der Waals surface area contributed by atoms with E-state index in [0.29, 0.717) is 6.04 Å². The number of hydrogen-bond acceptors (Lipinski definition) is 4. The summed E-state index contributed by atoms with van der Waals surface area (Å²) in [6.07, 6.45) is 2.25. The maximum atomic E-state index is 4.78. The Kier molecular flexibility index (Phi) is 5.92. The molecule has 0 atom stereocenters. The minimum atomic E-state index is 0.502. The van der Waals surface area contributed by atoms with E-state index in [9.17, 15) is 0 Å². The first-order valence-corrected chi connectivity index (χ1v) is 7.33. The van der Waals surface area contributed by atoms with Crippen LogP contribution in [0.5, 0.6) is 0 Å². The summed E-state index contributed by atoms with van der Waals surface area (Å²) >= 11 is 1.83. The predicted octanol–water partition coefficient (Wildman–Crippen LogP) is 3.05. The van der Waals surface area contributed by atoms with E-state index in [0.717, 1.165) is 31.1 Å². The van der Waals surface area contributed by atoms with Crippen molar-refractivity contribution in [3.63, 3.8) is 0 Å². The number of anilines is 1. The van der Waals surface area contributed by atoms with Crippen molar-refractivity contribution < 1.29 is 0 Å². The van der Waals surface area contributed by atoms with Crippen molar-refractivity contribution in [2.24, 2.45) is 0 Å². The van der Waals surface area contributed by atoms with Crippen molar-refractivity contribution >= 4 is 16.5 Å². The zero-order chi connectivity index (χ0) is 12.8. The molecule has 0 aliphatic rings. The van der Waals surface area contributed by atoms with Crippen LogP contribution in [0, 0.1) is 0 Å². The van der Waals surface area contributed by atoms with Crippen LogP contribution in [0.25, 0.3) is 0 Å². The number of nitrogens with zero attached hydrogens (tertiary/aromatic N) is 2.